The van der Waals surface area contributed by atoms with Crippen molar-refractivity contribution in [3.05, 3.63) is 20.0 Å². The molecule has 0 saturated carbocycles. The summed E-state index contributed by atoms with van der Waals surface area (Å²) in [7, 11) is 0. The van der Waals surface area contributed by atoms with Gasteiger partial charge in [0.25, 0.3) is 5.56 Å². The molecular weight excluding hydrogens is 320 g/mol. The number of thiazole rings is 1. The highest BCUT2D eigenvalue weighted by atomic mass is 32.1. The fourth-order valence-electron chi connectivity index (χ4n) is 2.78. The predicted molar refractivity (Wildman–Crippen MR) is 86.1 cm³/mol. The van der Waals surface area contributed by atoms with Crippen molar-refractivity contribution in [3.8, 4) is 11.8 Å². The van der Waals surface area contributed by atoms with Gasteiger partial charge < -0.3 is 15.6 Å². The SMILES string of the molecule is CC#C[C@H](O)[C@@H]1C[C@@H](C)[C@H](n2c(=O)sc3c(=O)[nH]c(N)nc32)O1. The zero-order valence-corrected chi connectivity index (χ0v) is 13.4. The Morgan fingerprint density at radius 2 is 2.30 bits per heavy atom. The maximum atomic E-state index is 12.3. The molecule has 0 bridgehead atoms. The van der Waals surface area contributed by atoms with Gasteiger partial charge in [0.15, 0.2) is 5.65 Å². The minimum Gasteiger partial charge on any atom is -0.378 e. The molecule has 8 nitrogen and oxygen atoms in total. The molecule has 0 spiro atoms. The number of anilines is 1. The molecule has 3 heterocycles. The van der Waals surface area contributed by atoms with E-state index in [4.69, 9.17) is 10.5 Å². The molecule has 1 aliphatic heterocycles. The predicted octanol–water partition coefficient (Wildman–Crippen LogP) is 0.0363. The summed E-state index contributed by atoms with van der Waals surface area (Å²) in [5.74, 6) is 5.18. The van der Waals surface area contributed by atoms with Crippen LogP contribution in [0.4, 0.5) is 5.95 Å². The Morgan fingerprint density at radius 1 is 1.57 bits per heavy atom. The fraction of sp³-hybridized carbons (Fsp3) is 0.500. The lowest BCUT2D eigenvalue weighted by atomic mass is 10.0. The summed E-state index contributed by atoms with van der Waals surface area (Å²) in [4.78, 5) is 30.3. The molecule has 9 heteroatoms. The monoisotopic (exact) mass is 336 g/mol. The average molecular weight is 336 g/mol. The Labute approximate surface area is 134 Å². The van der Waals surface area contributed by atoms with Crippen LogP contribution in [0.25, 0.3) is 10.3 Å². The Hall–Kier alpha value is -2.15. The largest absolute Gasteiger partial charge is 0.378 e. The smallest absolute Gasteiger partial charge is 0.311 e. The maximum absolute atomic E-state index is 12.3. The third kappa shape index (κ3) is 2.65. The van der Waals surface area contributed by atoms with Gasteiger partial charge in [-0.15, -0.1) is 5.92 Å². The molecule has 0 aliphatic carbocycles. The summed E-state index contributed by atoms with van der Waals surface area (Å²) in [5.41, 5.74) is 5.33. The molecule has 23 heavy (non-hydrogen) atoms. The summed E-state index contributed by atoms with van der Waals surface area (Å²) in [6.07, 6.45) is -1.50. The van der Waals surface area contributed by atoms with Gasteiger partial charge in [0.1, 0.15) is 17.0 Å². The van der Waals surface area contributed by atoms with E-state index in [1.807, 2.05) is 6.92 Å². The number of nitrogens with zero attached hydrogens (tertiary/aromatic N) is 2. The number of aromatic amines is 1. The van der Waals surface area contributed by atoms with Crippen LogP contribution >= 0.6 is 11.3 Å². The number of aliphatic hydroxyl groups excluding tert-OH is 1. The molecule has 3 rings (SSSR count). The summed E-state index contributed by atoms with van der Waals surface area (Å²) >= 11 is 0.798. The molecule has 2 aromatic heterocycles. The van der Waals surface area contributed by atoms with Gasteiger partial charge in [0.2, 0.25) is 5.95 Å². The third-order valence-corrected chi connectivity index (χ3v) is 4.74. The molecule has 4 atom stereocenters. The molecule has 0 amide bonds. The van der Waals surface area contributed by atoms with E-state index in [1.165, 1.54) is 4.57 Å². The summed E-state index contributed by atoms with van der Waals surface area (Å²) in [5, 5.41) is 9.98. The standard InChI is InChI=1S/C14H16N4O4S/c1-3-4-7(19)8-5-6(2)12(22-8)18-10-9(23-14(18)21)11(20)17-13(15)16-10/h6-8,12,19H,5H2,1-2H3,(H3,15,16,17,20)/t6-,7+,8+,12-/m1/s1. The van der Waals surface area contributed by atoms with Gasteiger partial charge in [-0.1, -0.05) is 24.2 Å². The number of aromatic nitrogens is 3. The van der Waals surface area contributed by atoms with Gasteiger partial charge in [0, 0.05) is 5.92 Å². The van der Waals surface area contributed by atoms with E-state index in [1.54, 1.807) is 6.92 Å². The van der Waals surface area contributed by atoms with E-state index in [2.05, 4.69) is 21.8 Å². The quantitative estimate of drug-likeness (QED) is 0.665. The van der Waals surface area contributed by atoms with E-state index in [0.29, 0.717) is 6.42 Å². The summed E-state index contributed by atoms with van der Waals surface area (Å²) < 4.78 is 7.37. The number of hydrogen-bond acceptors (Lipinski definition) is 7. The zero-order valence-electron chi connectivity index (χ0n) is 12.6. The van der Waals surface area contributed by atoms with Gasteiger partial charge in [-0.25, -0.2) is 0 Å². The van der Waals surface area contributed by atoms with Crippen molar-refractivity contribution in [1.29, 1.82) is 0 Å². The van der Waals surface area contributed by atoms with Gasteiger partial charge in [-0.05, 0) is 13.3 Å². The van der Waals surface area contributed by atoms with Gasteiger partial charge in [-0.2, -0.15) is 4.98 Å². The van der Waals surface area contributed by atoms with E-state index in [-0.39, 0.29) is 27.1 Å². The average Bonchev–Trinajstić information content (AvgIpc) is 2.99. The Morgan fingerprint density at radius 3 is 3.00 bits per heavy atom. The molecule has 0 radical (unpaired) electrons. The highest BCUT2D eigenvalue weighted by Gasteiger charge is 2.38. The number of rotatable bonds is 2. The topological polar surface area (TPSA) is 123 Å². The van der Waals surface area contributed by atoms with Crippen molar-refractivity contribution in [2.75, 3.05) is 5.73 Å². The number of nitrogens with two attached hydrogens (primary N) is 1. The first kappa shape index (κ1) is 15.7. The Kier molecular flexibility index (Phi) is 3.97. The second kappa shape index (κ2) is 5.81. The second-order valence-corrected chi connectivity index (χ2v) is 6.42. The van der Waals surface area contributed by atoms with Crippen LogP contribution in [-0.2, 0) is 4.74 Å². The minimum absolute atomic E-state index is 0.0499. The second-order valence-electron chi connectivity index (χ2n) is 5.46. The first-order valence-corrected chi connectivity index (χ1v) is 7.90. The number of nitrogen functional groups attached to an aromatic ring is 1. The van der Waals surface area contributed by atoms with E-state index in [9.17, 15) is 14.7 Å². The van der Waals surface area contributed by atoms with Crippen LogP contribution in [-0.4, -0.2) is 31.8 Å². The molecule has 122 valence electrons. The number of H-pyrrole nitrogens is 1. The van der Waals surface area contributed by atoms with Crippen molar-refractivity contribution >= 4 is 27.6 Å². The number of fused-ring (bicyclic) bond motifs is 1. The number of nitrogens with one attached hydrogen (secondary N) is 1. The van der Waals surface area contributed by atoms with Crippen molar-refractivity contribution < 1.29 is 9.84 Å². The highest BCUT2D eigenvalue weighted by molar-refractivity contribution is 7.16. The molecule has 1 aliphatic rings. The normalized spacial score (nSPS) is 25.3. The third-order valence-electron chi connectivity index (χ3n) is 3.80. The van der Waals surface area contributed by atoms with Gasteiger partial charge in [-0.3, -0.25) is 19.1 Å². The zero-order chi connectivity index (χ0) is 16.7. The lowest BCUT2D eigenvalue weighted by Gasteiger charge is -2.17. The van der Waals surface area contributed by atoms with Crippen LogP contribution in [0.1, 0.15) is 26.5 Å². The van der Waals surface area contributed by atoms with Crippen LogP contribution in [0.15, 0.2) is 9.59 Å². The maximum Gasteiger partial charge on any atom is 0.311 e. The lowest BCUT2D eigenvalue weighted by molar-refractivity contribution is -0.0474. The molecule has 1 fully saturated rings. The lowest BCUT2D eigenvalue weighted by Crippen LogP contribution is -2.27. The highest BCUT2D eigenvalue weighted by Crippen LogP contribution is 2.36. The van der Waals surface area contributed by atoms with Crippen molar-refractivity contribution in [2.24, 2.45) is 5.92 Å². The van der Waals surface area contributed by atoms with E-state index < -0.39 is 24.0 Å². The molecule has 1 saturated heterocycles. The molecule has 0 aromatic carbocycles. The van der Waals surface area contributed by atoms with Crippen molar-refractivity contribution in [1.82, 2.24) is 14.5 Å². The molecule has 4 N–H and O–H groups in total. The van der Waals surface area contributed by atoms with E-state index in [0.717, 1.165) is 11.3 Å². The number of aliphatic hydroxyl groups is 1. The van der Waals surface area contributed by atoms with Crippen LogP contribution in [0.2, 0.25) is 0 Å². The Bertz CT molecular complexity index is 919. The Balaban J connectivity index is 2.07. The molecule has 2 aromatic rings. The summed E-state index contributed by atoms with van der Waals surface area (Å²) in [6, 6.07) is 0. The van der Waals surface area contributed by atoms with Crippen LogP contribution in [0.5, 0.6) is 0 Å². The fourth-order valence-corrected chi connectivity index (χ4v) is 3.62. The first-order valence-electron chi connectivity index (χ1n) is 7.09. The van der Waals surface area contributed by atoms with Crippen LogP contribution in [0.3, 0.4) is 0 Å². The van der Waals surface area contributed by atoms with E-state index >= 15 is 0 Å². The molecule has 0 unspecified atom stereocenters. The van der Waals surface area contributed by atoms with Crippen molar-refractivity contribution in [3.63, 3.8) is 0 Å². The van der Waals surface area contributed by atoms with Crippen molar-refractivity contribution in [2.45, 2.75) is 38.7 Å². The minimum atomic E-state index is -0.922. The van der Waals surface area contributed by atoms with Gasteiger partial charge >= 0.3 is 4.87 Å². The van der Waals surface area contributed by atoms with Crippen LogP contribution in [0, 0.1) is 17.8 Å². The molecular formula is C14H16N4O4S. The number of hydrogen-bond donors (Lipinski definition) is 3. The first-order chi connectivity index (χ1) is 10.9. The number of ether oxygens (including phenoxy) is 1. The van der Waals surface area contributed by atoms with Gasteiger partial charge in [0.05, 0.1) is 6.10 Å². The van der Waals surface area contributed by atoms with Crippen LogP contribution < -0.4 is 16.2 Å². The summed E-state index contributed by atoms with van der Waals surface area (Å²) in [6.45, 7) is 3.54.